The third-order valence-electron chi connectivity index (χ3n) is 3.52. The van der Waals surface area contributed by atoms with Crippen molar-refractivity contribution in [2.24, 2.45) is 0 Å². The van der Waals surface area contributed by atoms with Crippen molar-refractivity contribution in [1.82, 2.24) is 4.57 Å². The van der Waals surface area contributed by atoms with Gasteiger partial charge in [0.2, 0.25) is 5.60 Å². The summed E-state index contributed by atoms with van der Waals surface area (Å²) >= 11 is 0. The normalized spacial score (nSPS) is 22.6. The number of hydrogen-bond acceptors (Lipinski definition) is 2. The van der Waals surface area contributed by atoms with Crippen molar-refractivity contribution in [3.63, 3.8) is 0 Å². The van der Waals surface area contributed by atoms with E-state index in [2.05, 4.69) is 18.4 Å². The van der Waals surface area contributed by atoms with E-state index in [0.29, 0.717) is 6.04 Å². The van der Waals surface area contributed by atoms with Crippen LogP contribution < -0.4 is 0 Å². The summed E-state index contributed by atoms with van der Waals surface area (Å²) in [6, 6.07) is 8.13. The number of hydrogen-bond donors (Lipinski definition) is 1. The van der Waals surface area contributed by atoms with Crippen molar-refractivity contribution >= 4 is 16.9 Å². The molecule has 1 aliphatic rings. The summed E-state index contributed by atoms with van der Waals surface area (Å²) in [5, 5.41) is 10.2. The van der Waals surface area contributed by atoms with Crippen molar-refractivity contribution in [1.29, 1.82) is 0 Å². The van der Waals surface area contributed by atoms with Crippen molar-refractivity contribution in [2.75, 3.05) is 6.61 Å². The van der Waals surface area contributed by atoms with Gasteiger partial charge in [-0.15, -0.1) is 0 Å². The minimum Gasteiger partial charge on any atom is -0.479 e. The molecule has 0 radical (unpaired) electrons. The summed E-state index contributed by atoms with van der Waals surface area (Å²) in [6.07, 6.45) is 2.03. The van der Waals surface area contributed by atoms with Gasteiger partial charge in [0.15, 0.2) is 0 Å². The maximum absolute atomic E-state index is 11.2. The first-order valence-corrected chi connectivity index (χ1v) is 6.03. The number of carbonyl (C=O) groups is 1. The Hall–Kier alpha value is -1.81. The van der Waals surface area contributed by atoms with E-state index in [1.54, 1.807) is 0 Å². The molecule has 0 spiro atoms. The fourth-order valence-corrected chi connectivity index (χ4v) is 2.35. The molecule has 1 fully saturated rings. The number of rotatable bonds is 3. The lowest BCUT2D eigenvalue weighted by Crippen LogP contribution is -2.21. The highest BCUT2D eigenvalue weighted by Gasteiger charge is 2.54. The number of aliphatic carboxylic acids is 1. The Morgan fingerprint density at radius 1 is 1.44 bits per heavy atom. The summed E-state index contributed by atoms with van der Waals surface area (Å²) in [7, 11) is 0. The summed E-state index contributed by atoms with van der Waals surface area (Å²) < 4.78 is 7.31. The Kier molecular flexibility index (Phi) is 2.25. The van der Waals surface area contributed by atoms with Gasteiger partial charge < -0.3 is 14.4 Å². The SMILES string of the molecule is CC(C)n1ccc2cc(C3(C(=O)O)CO3)ccc21. The van der Waals surface area contributed by atoms with Crippen molar-refractivity contribution in [2.45, 2.75) is 25.5 Å². The highest BCUT2D eigenvalue weighted by molar-refractivity contribution is 5.87. The van der Waals surface area contributed by atoms with E-state index in [1.807, 2.05) is 30.5 Å². The van der Waals surface area contributed by atoms with Gasteiger partial charge in [0, 0.05) is 17.8 Å². The lowest BCUT2D eigenvalue weighted by molar-refractivity contribution is -0.143. The van der Waals surface area contributed by atoms with E-state index < -0.39 is 11.6 Å². The van der Waals surface area contributed by atoms with Crippen LogP contribution in [-0.4, -0.2) is 22.2 Å². The van der Waals surface area contributed by atoms with Crippen LogP contribution in [0, 0.1) is 0 Å². The molecule has 1 N–H and O–H groups in total. The second kappa shape index (κ2) is 3.59. The van der Waals surface area contributed by atoms with Crippen LogP contribution >= 0.6 is 0 Å². The molecular formula is C14H15NO3. The standard InChI is InChI=1S/C14H15NO3/c1-9(2)15-6-5-10-7-11(3-4-12(10)15)14(8-18-14)13(16)17/h3-7,9H,8H2,1-2H3,(H,16,17). The predicted octanol–water partition coefficient (Wildman–Crippen LogP) is 2.53. The second-order valence-corrected chi connectivity index (χ2v) is 5.01. The van der Waals surface area contributed by atoms with Gasteiger partial charge in [-0.25, -0.2) is 4.79 Å². The van der Waals surface area contributed by atoms with Crippen LogP contribution in [0.1, 0.15) is 25.5 Å². The average Bonchev–Trinajstić information content (AvgIpc) is 3.03. The highest BCUT2D eigenvalue weighted by atomic mass is 16.6. The zero-order chi connectivity index (χ0) is 12.9. The van der Waals surface area contributed by atoms with Gasteiger partial charge in [-0.2, -0.15) is 0 Å². The number of benzene rings is 1. The lowest BCUT2D eigenvalue weighted by Gasteiger charge is -2.11. The average molecular weight is 245 g/mol. The van der Waals surface area contributed by atoms with Gasteiger partial charge in [0.05, 0.1) is 6.61 Å². The van der Waals surface area contributed by atoms with E-state index in [0.717, 1.165) is 16.5 Å². The molecule has 1 saturated heterocycles. The Bertz CT molecular complexity index is 623. The molecule has 1 unspecified atom stereocenters. The van der Waals surface area contributed by atoms with Crippen LogP contribution in [0.5, 0.6) is 0 Å². The Morgan fingerprint density at radius 3 is 2.72 bits per heavy atom. The third-order valence-corrected chi connectivity index (χ3v) is 3.52. The molecule has 4 nitrogen and oxygen atoms in total. The monoisotopic (exact) mass is 245 g/mol. The van der Waals surface area contributed by atoms with E-state index in [4.69, 9.17) is 4.74 Å². The zero-order valence-corrected chi connectivity index (χ0v) is 10.4. The van der Waals surface area contributed by atoms with Gasteiger partial charge in [-0.05, 0) is 43.0 Å². The number of carboxylic acids is 1. The van der Waals surface area contributed by atoms with Gasteiger partial charge in [0.1, 0.15) is 0 Å². The van der Waals surface area contributed by atoms with E-state index in [-0.39, 0.29) is 6.61 Å². The Balaban J connectivity index is 2.11. The van der Waals surface area contributed by atoms with Crippen molar-refractivity contribution < 1.29 is 14.6 Å². The summed E-state index contributed by atoms with van der Waals surface area (Å²) in [4.78, 5) is 11.2. The fraction of sp³-hybridized carbons (Fsp3) is 0.357. The maximum atomic E-state index is 11.2. The van der Waals surface area contributed by atoms with Crippen LogP contribution in [-0.2, 0) is 15.1 Å². The van der Waals surface area contributed by atoms with Gasteiger partial charge in [0.25, 0.3) is 0 Å². The molecular weight excluding hydrogens is 230 g/mol. The molecule has 4 heteroatoms. The lowest BCUT2D eigenvalue weighted by atomic mass is 9.99. The number of aromatic nitrogens is 1. The Labute approximate surface area is 105 Å². The van der Waals surface area contributed by atoms with E-state index >= 15 is 0 Å². The molecule has 1 aromatic heterocycles. The van der Waals surface area contributed by atoms with E-state index in [1.165, 1.54) is 0 Å². The topological polar surface area (TPSA) is 54.8 Å². The van der Waals surface area contributed by atoms with Gasteiger partial charge in [-0.3, -0.25) is 0 Å². The molecule has 0 aliphatic carbocycles. The molecule has 0 bridgehead atoms. The zero-order valence-electron chi connectivity index (χ0n) is 10.4. The maximum Gasteiger partial charge on any atom is 0.343 e. The predicted molar refractivity (Wildman–Crippen MR) is 67.6 cm³/mol. The van der Waals surface area contributed by atoms with Crippen LogP contribution in [0.3, 0.4) is 0 Å². The number of fused-ring (bicyclic) bond motifs is 1. The highest BCUT2D eigenvalue weighted by Crippen LogP contribution is 2.40. The summed E-state index contributed by atoms with van der Waals surface area (Å²) in [5.74, 6) is -0.912. The molecule has 0 saturated carbocycles. The molecule has 18 heavy (non-hydrogen) atoms. The van der Waals surface area contributed by atoms with Crippen LogP contribution in [0.2, 0.25) is 0 Å². The molecule has 3 rings (SSSR count). The number of carboxylic acid groups (broad SMARTS) is 1. The third kappa shape index (κ3) is 1.46. The van der Waals surface area contributed by atoms with Crippen LogP contribution in [0.4, 0.5) is 0 Å². The number of ether oxygens (including phenoxy) is 1. The smallest absolute Gasteiger partial charge is 0.343 e. The largest absolute Gasteiger partial charge is 0.479 e. The molecule has 2 aromatic rings. The quantitative estimate of drug-likeness (QED) is 0.845. The molecule has 2 heterocycles. The number of nitrogens with zero attached hydrogens (tertiary/aromatic N) is 1. The van der Waals surface area contributed by atoms with E-state index in [9.17, 15) is 9.90 Å². The van der Waals surface area contributed by atoms with Crippen LogP contribution in [0.25, 0.3) is 10.9 Å². The molecule has 0 amide bonds. The fourth-order valence-electron chi connectivity index (χ4n) is 2.35. The second-order valence-electron chi connectivity index (χ2n) is 5.01. The van der Waals surface area contributed by atoms with Crippen LogP contribution in [0.15, 0.2) is 30.5 Å². The molecule has 1 aliphatic heterocycles. The summed E-state index contributed by atoms with van der Waals surface area (Å²) in [6.45, 7) is 4.50. The van der Waals surface area contributed by atoms with Crippen molar-refractivity contribution in [3.05, 3.63) is 36.0 Å². The molecule has 1 aromatic carbocycles. The minimum atomic E-state index is -1.10. The van der Waals surface area contributed by atoms with Gasteiger partial charge >= 0.3 is 5.97 Å². The first-order chi connectivity index (χ1) is 8.54. The number of epoxide rings is 1. The Morgan fingerprint density at radius 2 is 2.17 bits per heavy atom. The first-order valence-electron chi connectivity index (χ1n) is 6.03. The minimum absolute atomic E-state index is 0.263. The summed E-state index contributed by atoms with van der Waals surface area (Å²) in [5.41, 5.74) is 0.743. The first kappa shape index (κ1) is 11.3. The van der Waals surface area contributed by atoms with Gasteiger partial charge in [-0.1, -0.05) is 6.07 Å². The molecule has 1 atom stereocenters. The van der Waals surface area contributed by atoms with Crippen molar-refractivity contribution in [3.8, 4) is 0 Å². The molecule has 94 valence electrons.